The molecule has 17 heavy (non-hydrogen) atoms. The fourth-order valence-corrected chi connectivity index (χ4v) is 3.50. The highest BCUT2D eigenvalue weighted by Crippen LogP contribution is 2.40. The molecule has 0 nitrogen and oxygen atoms in total. The van der Waals surface area contributed by atoms with Crippen molar-refractivity contribution in [1.29, 1.82) is 0 Å². The van der Waals surface area contributed by atoms with Gasteiger partial charge >= 0.3 is 0 Å². The van der Waals surface area contributed by atoms with E-state index in [-0.39, 0.29) is 6.42 Å². The molecule has 3 heteroatoms. The van der Waals surface area contributed by atoms with Crippen LogP contribution in [0.15, 0.2) is 52.0 Å². The summed E-state index contributed by atoms with van der Waals surface area (Å²) < 4.78 is 27.0. The monoisotopic (exact) mass is 250 g/mol. The van der Waals surface area contributed by atoms with Gasteiger partial charge < -0.3 is 0 Å². The van der Waals surface area contributed by atoms with Crippen molar-refractivity contribution < 1.29 is 8.78 Å². The highest BCUT2D eigenvalue weighted by atomic mass is 32.2. The number of thioether (sulfide) groups is 1. The molecule has 0 amide bonds. The molecule has 1 aliphatic heterocycles. The Labute approximate surface area is 103 Å². The minimum Gasteiger partial charge on any atom is -0.209 e. The molecule has 3 rings (SSSR count). The number of hydrogen-bond donors (Lipinski definition) is 0. The van der Waals surface area contributed by atoms with Gasteiger partial charge in [0.05, 0.1) is 0 Å². The minimum absolute atomic E-state index is 0.220. The van der Waals surface area contributed by atoms with E-state index in [2.05, 4.69) is 12.1 Å². The van der Waals surface area contributed by atoms with E-state index >= 15 is 0 Å². The molecule has 0 aromatic heterocycles. The maximum absolute atomic E-state index is 13.7. The number of hydrogen-bond acceptors (Lipinski definition) is 1. The Hall–Kier alpha value is -1.09. The molecule has 88 valence electrons. The Morgan fingerprint density at radius 3 is 2.76 bits per heavy atom. The first-order chi connectivity index (χ1) is 8.25. The zero-order valence-corrected chi connectivity index (χ0v) is 10.1. The van der Waals surface area contributed by atoms with Crippen LogP contribution in [0.2, 0.25) is 0 Å². The van der Waals surface area contributed by atoms with Gasteiger partial charge in [-0.1, -0.05) is 23.8 Å². The molecular formula is C14H12F2S. The van der Waals surface area contributed by atoms with Crippen molar-refractivity contribution in [2.45, 2.75) is 24.2 Å². The molecule has 1 heterocycles. The van der Waals surface area contributed by atoms with E-state index in [1.54, 1.807) is 11.8 Å². The van der Waals surface area contributed by atoms with Crippen molar-refractivity contribution in [2.24, 2.45) is 0 Å². The Balaban J connectivity index is 2.03. The van der Waals surface area contributed by atoms with Gasteiger partial charge in [0, 0.05) is 22.6 Å². The first-order valence-corrected chi connectivity index (χ1v) is 6.70. The summed E-state index contributed by atoms with van der Waals surface area (Å²) in [5, 5.41) is 0. The predicted molar refractivity (Wildman–Crippen MR) is 66.4 cm³/mol. The molecule has 0 spiro atoms. The Morgan fingerprint density at radius 2 is 1.88 bits per heavy atom. The molecular weight excluding hydrogens is 238 g/mol. The summed E-state index contributed by atoms with van der Waals surface area (Å²) in [6.07, 6.45) is 1.64. The number of halogens is 2. The third-order valence-electron chi connectivity index (χ3n) is 3.32. The lowest BCUT2D eigenvalue weighted by molar-refractivity contribution is 0.500. The molecule has 0 bridgehead atoms. The SMILES string of the molecule is FC1=C(F)C2=C(CC1)Cc1ccccc1SC2. The van der Waals surface area contributed by atoms with Gasteiger partial charge in [0.1, 0.15) is 5.83 Å². The second-order valence-corrected chi connectivity index (χ2v) is 5.39. The van der Waals surface area contributed by atoms with Crippen LogP contribution >= 0.6 is 11.8 Å². The Morgan fingerprint density at radius 1 is 1.06 bits per heavy atom. The second kappa shape index (κ2) is 4.30. The molecule has 0 saturated heterocycles. The molecule has 2 aliphatic rings. The average molecular weight is 250 g/mol. The molecule has 1 aromatic rings. The molecule has 0 radical (unpaired) electrons. The van der Waals surface area contributed by atoms with Gasteiger partial charge in [-0.05, 0) is 24.5 Å². The van der Waals surface area contributed by atoms with E-state index in [1.807, 2.05) is 12.1 Å². The van der Waals surface area contributed by atoms with Gasteiger partial charge in [0.25, 0.3) is 0 Å². The maximum atomic E-state index is 13.7. The Kier molecular flexibility index (Phi) is 2.79. The smallest absolute Gasteiger partial charge is 0.158 e. The quantitative estimate of drug-likeness (QED) is 0.649. The highest BCUT2D eigenvalue weighted by Gasteiger charge is 2.25. The topological polar surface area (TPSA) is 0 Å². The van der Waals surface area contributed by atoms with Gasteiger partial charge in [-0.25, -0.2) is 8.78 Å². The largest absolute Gasteiger partial charge is 0.209 e. The summed E-state index contributed by atoms with van der Waals surface area (Å²) >= 11 is 1.60. The highest BCUT2D eigenvalue weighted by molar-refractivity contribution is 7.99. The van der Waals surface area contributed by atoms with E-state index in [9.17, 15) is 8.78 Å². The second-order valence-electron chi connectivity index (χ2n) is 4.37. The zero-order valence-electron chi connectivity index (χ0n) is 9.30. The van der Waals surface area contributed by atoms with Crippen molar-refractivity contribution in [3.05, 3.63) is 52.6 Å². The fraction of sp³-hybridized carbons (Fsp3) is 0.286. The van der Waals surface area contributed by atoms with Crippen LogP contribution < -0.4 is 0 Å². The molecule has 0 unspecified atom stereocenters. The number of benzene rings is 1. The lowest BCUT2D eigenvalue weighted by Crippen LogP contribution is -2.04. The summed E-state index contributed by atoms with van der Waals surface area (Å²) in [6.45, 7) is 0. The predicted octanol–water partition coefficient (Wildman–Crippen LogP) is 4.58. The molecule has 1 aliphatic carbocycles. The van der Waals surface area contributed by atoms with Crippen molar-refractivity contribution in [3.8, 4) is 0 Å². The summed E-state index contributed by atoms with van der Waals surface area (Å²) in [5.41, 5.74) is 2.90. The Bertz CT molecular complexity index is 529. The maximum Gasteiger partial charge on any atom is 0.158 e. The van der Waals surface area contributed by atoms with Crippen LogP contribution in [0.5, 0.6) is 0 Å². The van der Waals surface area contributed by atoms with E-state index in [0.717, 1.165) is 12.0 Å². The van der Waals surface area contributed by atoms with Gasteiger partial charge in [0.15, 0.2) is 5.83 Å². The van der Waals surface area contributed by atoms with Gasteiger partial charge in [0.2, 0.25) is 0 Å². The van der Waals surface area contributed by atoms with Gasteiger partial charge in [-0.3, -0.25) is 0 Å². The van der Waals surface area contributed by atoms with E-state index in [0.29, 0.717) is 17.7 Å². The summed E-state index contributed by atoms with van der Waals surface area (Å²) in [7, 11) is 0. The first-order valence-electron chi connectivity index (χ1n) is 5.72. The molecule has 1 aromatic carbocycles. The van der Waals surface area contributed by atoms with Crippen LogP contribution in [-0.2, 0) is 6.42 Å². The van der Waals surface area contributed by atoms with Crippen LogP contribution in [0.1, 0.15) is 18.4 Å². The van der Waals surface area contributed by atoms with Crippen molar-refractivity contribution in [1.82, 2.24) is 0 Å². The van der Waals surface area contributed by atoms with Crippen molar-refractivity contribution in [3.63, 3.8) is 0 Å². The lowest BCUT2D eigenvalue weighted by atomic mass is 9.92. The van der Waals surface area contributed by atoms with Crippen LogP contribution in [0.25, 0.3) is 0 Å². The minimum atomic E-state index is -0.605. The first kappa shape index (κ1) is 11.0. The number of allylic oxidation sites excluding steroid dienone is 3. The van der Waals surface area contributed by atoms with E-state index in [4.69, 9.17) is 0 Å². The molecule has 0 N–H and O–H groups in total. The normalized spacial score (nSPS) is 19.9. The van der Waals surface area contributed by atoms with Gasteiger partial charge in [-0.15, -0.1) is 11.8 Å². The van der Waals surface area contributed by atoms with Crippen LogP contribution in [-0.4, -0.2) is 5.75 Å². The zero-order chi connectivity index (χ0) is 11.8. The number of rotatable bonds is 0. The van der Waals surface area contributed by atoms with Crippen molar-refractivity contribution in [2.75, 3.05) is 5.75 Å². The van der Waals surface area contributed by atoms with E-state index in [1.165, 1.54) is 10.5 Å². The van der Waals surface area contributed by atoms with E-state index < -0.39 is 11.7 Å². The van der Waals surface area contributed by atoms with Crippen molar-refractivity contribution >= 4 is 11.8 Å². The van der Waals surface area contributed by atoms with Crippen LogP contribution in [0, 0.1) is 0 Å². The van der Waals surface area contributed by atoms with Crippen LogP contribution in [0.3, 0.4) is 0 Å². The van der Waals surface area contributed by atoms with Crippen LogP contribution in [0.4, 0.5) is 8.78 Å². The van der Waals surface area contributed by atoms with Gasteiger partial charge in [-0.2, -0.15) is 0 Å². The molecule has 0 fully saturated rings. The summed E-state index contributed by atoms with van der Waals surface area (Å²) in [5.74, 6) is -0.632. The average Bonchev–Trinajstić information content (AvgIpc) is 2.53. The molecule has 0 atom stereocenters. The third kappa shape index (κ3) is 1.93. The summed E-state index contributed by atoms with van der Waals surface area (Å²) in [4.78, 5) is 1.19. The standard InChI is InChI=1S/C14H12F2S/c15-12-6-5-9-7-10-3-1-2-4-13(10)17-8-11(9)14(12)16/h1-4H,5-8H2. The lowest BCUT2D eigenvalue weighted by Gasteiger charge is -2.16. The fourth-order valence-electron chi connectivity index (χ4n) is 2.37. The summed E-state index contributed by atoms with van der Waals surface area (Å²) in [6, 6.07) is 8.12. The third-order valence-corrected chi connectivity index (χ3v) is 4.47. The molecule has 0 saturated carbocycles. The number of fused-ring (bicyclic) bond motifs is 1.